The molecule has 11 aromatic rings. The summed E-state index contributed by atoms with van der Waals surface area (Å²) in [5.41, 5.74) is 24.7. The molecule has 0 bridgehead atoms. The van der Waals surface area contributed by atoms with Crippen molar-refractivity contribution in [2.45, 2.75) is 24.7 Å². The van der Waals surface area contributed by atoms with E-state index in [9.17, 15) is 0 Å². The molecule has 2 nitrogen and oxygen atoms in total. The summed E-state index contributed by atoms with van der Waals surface area (Å²) in [6.07, 6.45) is 0. The smallest absolute Gasteiger partial charge is 0.0726 e. The Kier molecular flexibility index (Phi) is 7.70. The molecule has 2 heteroatoms. The zero-order valence-electron chi connectivity index (χ0n) is 36.8. The van der Waals surface area contributed by atoms with Gasteiger partial charge in [-0.05, 0) is 151 Å². The van der Waals surface area contributed by atoms with Crippen LogP contribution in [0.5, 0.6) is 0 Å². The van der Waals surface area contributed by atoms with Crippen LogP contribution in [0, 0.1) is 0 Å². The predicted octanol–water partition coefficient (Wildman–Crippen LogP) is 16.6. The van der Waals surface area contributed by atoms with Gasteiger partial charge in [-0.1, -0.05) is 172 Å². The highest BCUT2D eigenvalue weighted by Gasteiger charge is 2.52. The summed E-state index contributed by atoms with van der Waals surface area (Å²) in [5.74, 6) is 0. The Bertz CT molecular complexity index is 3750. The van der Waals surface area contributed by atoms with Crippen LogP contribution in [0.25, 0.3) is 72.0 Å². The van der Waals surface area contributed by atoms with Crippen molar-refractivity contribution in [3.63, 3.8) is 0 Å². The van der Waals surface area contributed by atoms with Crippen molar-refractivity contribution in [2.75, 3.05) is 4.90 Å². The first-order chi connectivity index (χ1) is 32.5. The molecule has 0 saturated carbocycles. The number of rotatable bonds is 5. The largest absolute Gasteiger partial charge is 0.310 e. The Morgan fingerprint density at radius 3 is 1.48 bits per heavy atom. The molecule has 0 N–H and O–H groups in total. The van der Waals surface area contributed by atoms with Gasteiger partial charge < -0.3 is 9.47 Å². The molecular formula is C64H44N2. The summed E-state index contributed by atoms with van der Waals surface area (Å²) >= 11 is 0. The third-order valence-corrected chi connectivity index (χ3v) is 15.2. The molecule has 0 aliphatic heterocycles. The number of hydrogen-bond donors (Lipinski definition) is 0. The normalized spacial score (nSPS) is 14.2. The molecule has 0 unspecified atom stereocenters. The molecule has 3 aliphatic rings. The van der Waals surface area contributed by atoms with Gasteiger partial charge in [0.2, 0.25) is 0 Å². The molecule has 0 atom stereocenters. The standard InChI is InChI=1S/C64H44N2/c1-63(2)55-25-13-9-21-47(55)50-34-31-45(39-58(50)63)65(43-17-5-3-6-18-43)46-32-35-52-51-33-29-42(38-59(51)64(60(52)40-46)56-26-14-10-22-48(56)49-23-11-15-27-57(49)64)41-30-36-62-54(37-41)53-24-12-16-28-61(53)66(62)44-19-7-4-8-20-44/h3-40H,1-2H3. The van der Waals surface area contributed by atoms with Crippen molar-refractivity contribution in [1.29, 1.82) is 0 Å². The minimum atomic E-state index is -0.527. The van der Waals surface area contributed by atoms with Gasteiger partial charge in [-0.2, -0.15) is 0 Å². The summed E-state index contributed by atoms with van der Waals surface area (Å²) in [5, 5.41) is 2.51. The molecule has 1 heterocycles. The predicted molar refractivity (Wildman–Crippen MR) is 275 cm³/mol. The third-order valence-electron chi connectivity index (χ3n) is 15.2. The van der Waals surface area contributed by atoms with Crippen molar-refractivity contribution in [3.05, 3.63) is 264 Å². The van der Waals surface area contributed by atoms with Gasteiger partial charge in [0.1, 0.15) is 0 Å². The number of aromatic nitrogens is 1. The van der Waals surface area contributed by atoms with Crippen LogP contribution >= 0.6 is 0 Å². The number of hydrogen-bond acceptors (Lipinski definition) is 1. The molecule has 3 aliphatic carbocycles. The lowest BCUT2D eigenvalue weighted by Crippen LogP contribution is -2.26. The Balaban J connectivity index is 0.983. The topological polar surface area (TPSA) is 8.17 Å². The van der Waals surface area contributed by atoms with E-state index >= 15 is 0 Å². The van der Waals surface area contributed by atoms with Crippen LogP contribution in [-0.2, 0) is 10.8 Å². The average Bonchev–Trinajstić information content (AvgIpc) is 4.04. The highest BCUT2D eigenvalue weighted by Crippen LogP contribution is 2.64. The molecule has 10 aromatic carbocycles. The highest BCUT2D eigenvalue weighted by molar-refractivity contribution is 6.10. The number of para-hydroxylation sites is 3. The van der Waals surface area contributed by atoms with Crippen LogP contribution in [0.2, 0.25) is 0 Å². The Morgan fingerprint density at radius 2 is 0.788 bits per heavy atom. The van der Waals surface area contributed by atoms with Gasteiger partial charge in [0.15, 0.2) is 0 Å². The minimum Gasteiger partial charge on any atom is -0.310 e. The number of nitrogens with zero attached hydrogens (tertiary/aromatic N) is 2. The van der Waals surface area contributed by atoms with Crippen molar-refractivity contribution < 1.29 is 0 Å². The summed E-state index contributed by atoms with van der Waals surface area (Å²) in [4.78, 5) is 2.47. The van der Waals surface area contributed by atoms with Gasteiger partial charge in [-0.3, -0.25) is 0 Å². The third kappa shape index (κ3) is 4.96. The lowest BCUT2D eigenvalue weighted by molar-refractivity contribution is 0.660. The molecular weight excluding hydrogens is 797 g/mol. The van der Waals surface area contributed by atoms with Gasteiger partial charge in [0, 0.05) is 38.9 Å². The second-order valence-corrected chi connectivity index (χ2v) is 18.8. The Morgan fingerprint density at radius 1 is 0.318 bits per heavy atom. The second-order valence-electron chi connectivity index (χ2n) is 18.8. The van der Waals surface area contributed by atoms with Crippen LogP contribution in [0.1, 0.15) is 47.2 Å². The van der Waals surface area contributed by atoms with Gasteiger partial charge in [0.05, 0.1) is 16.4 Å². The molecule has 0 amide bonds. The second kappa shape index (κ2) is 13.7. The Hall–Kier alpha value is -8.20. The zero-order valence-corrected chi connectivity index (χ0v) is 36.8. The molecule has 310 valence electrons. The molecule has 14 rings (SSSR count). The molecule has 66 heavy (non-hydrogen) atoms. The highest BCUT2D eigenvalue weighted by atomic mass is 15.1. The molecule has 1 aromatic heterocycles. The van der Waals surface area contributed by atoms with Gasteiger partial charge >= 0.3 is 0 Å². The fourth-order valence-corrected chi connectivity index (χ4v) is 12.3. The molecule has 1 spiro atoms. The molecule has 0 saturated heterocycles. The fourth-order valence-electron chi connectivity index (χ4n) is 12.3. The van der Waals surface area contributed by atoms with Crippen LogP contribution in [0.15, 0.2) is 231 Å². The SMILES string of the molecule is CC1(C)c2ccccc2-c2ccc(N(c3ccccc3)c3ccc4c(c3)C3(c5ccccc5-c5ccccc53)c3cc(-c5ccc6c(c5)c5ccccc5n6-c5ccccc5)ccc3-4)cc21. The lowest BCUT2D eigenvalue weighted by atomic mass is 9.70. The van der Waals surface area contributed by atoms with E-state index in [0.29, 0.717) is 0 Å². The first-order valence-corrected chi connectivity index (χ1v) is 23.2. The maximum atomic E-state index is 2.51. The van der Waals surface area contributed by atoms with Crippen molar-refractivity contribution >= 4 is 38.9 Å². The van der Waals surface area contributed by atoms with E-state index < -0.39 is 5.41 Å². The van der Waals surface area contributed by atoms with Crippen LogP contribution in [0.3, 0.4) is 0 Å². The molecule has 0 fully saturated rings. The first-order valence-electron chi connectivity index (χ1n) is 23.2. The van der Waals surface area contributed by atoms with E-state index in [-0.39, 0.29) is 5.41 Å². The van der Waals surface area contributed by atoms with Gasteiger partial charge in [-0.15, -0.1) is 0 Å². The minimum absolute atomic E-state index is 0.119. The van der Waals surface area contributed by atoms with Crippen LogP contribution < -0.4 is 4.90 Å². The molecule has 0 radical (unpaired) electrons. The van der Waals surface area contributed by atoms with E-state index in [1.807, 2.05) is 0 Å². The van der Waals surface area contributed by atoms with E-state index in [4.69, 9.17) is 0 Å². The van der Waals surface area contributed by atoms with E-state index in [0.717, 1.165) is 17.1 Å². The lowest BCUT2D eigenvalue weighted by Gasteiger charge is -2.32. The van der Waals surface area contributed by atoms with Gasteiger partial charge in [-0.25, -0.2) is 0 Å². The number of benzene rings is 10. The van der Waals surface area contributed by atoms with E-state index in [1.54, 1.807) is 0 Å². The Labute approximate surface area is 385 Å². The summed E-state index contributed by atoms with van der Waals surface area (Å²) in [6, 6.07) is 86.3. The summed E-state index contributed by atoms with van der Waals surface area (Å²) in [6.45, 7) is 4.74. The number of fused-ring (bicyclic) bond motifs is 16. The quantitative estimate of drug-likeness (QED) is 0.168. The van der Waals surface area contributed by atoms with Crippen LogP contribution in [0.4, 0.5) is 17.1 Å². The van der Waals surface area contributed by atoms with E-state index in [1.165, 1.54) is 105 Å². The van der Waals surface area contributed by atoms with E-state index in [2.05, 4.69) is 254 Å². The maximum absolute atomic E-state index is 2.51. The number of anilines is 3. The zero-order chi connectivity index (χ0) is 43.7. The van der Waals surface area contributed by atoms with Crippen LogP contribution in [-0.4, -0.2) is 4.57 Å². The van der Waals surface area contributed by atoms with Crippen molar-refractivity contribution in [1.82, 2.24) is 4.57 Å². The fraction of sp³-hybridized carbons (Fsp3) is 0.0625. The van der Waals surface area contributed by atoms with Gasteiger partial charge in [0.25, 0.3) is 0 Å². The first kappa shape index (κ1) is 37.2. The monoisotopic (exact) mass is 840 g/mol. The van der Waals surface area contributed by atoms with Crippen molar-refractivity contribution in [3.8, 4) is 50.2 Å². The summed E-state index contributed by atoms with van der Waals surface area (Å²) in [7, 11) is 0. The summed E-state index contributed by atoms with van der Waals surface area (Å²) < 4.78 is 2.40. The average molecular weight is 841 g/mol. The maximum Gasteiger partial charge on any atom is 0.0726 e. The van der Waals surface area contributed by atoms with Crippen molar-refractivity contribution in [2.24, 2.45) is 0 Å².